The number of carbonyl (C=O) groups is 1. The van der Waals surface area contributed by atoms with Crippen LogP contribution in [0.25, 0.3) is 0 Å². The third-order valence-electron chi connectivity index (χ3n) is 3.54. The monoisotopic (exact) mass is 224 g/mol. The molecule has 0 aliphatic rings. The zero-order valence-corrected chi connectivity index (χ0v) is 11.6. The van der Waals surface area contributed by atoms with Crippen molar-refractivity contribution in [1.82, 2.24) is 0 Å². The molecule has 0 fully saturated rings. The zero-order chi connectivity index (χ0) is 12.6. The van der Waals surface area contributed by atoms with Gasteiger partial charge in [0.25, 0.3) is 0 Å². The van der Waals surface area contributed by atoms with Crippen LogP contribution < -0.4 is 0 Å². The summed E-state index contributed by atoms with van der Waals surface area (Å²) >= 11 is 0. The third kappa shape index (κ3) is 5.48. The predicted octanol–water partition coefficient (Wildman–Crippen LogP) is 4.62. The maximum Gasteiger partial charge on any atom is 0.145 e. The Kier molecular flexibility index (Phi) is 8.23. The molecule has 2 unspecified atom stereocenters. The lowest BCUT2D eigenvalue weighted by Crippen LogP contribution is -2.10. The lowest BCUT2D eigenvalue weighted by atomic mass is 9.87. The Balaban J connectivity index is 4.56. The molecule has 0 spiro atoms. The fraction of sp³-hybridized carbons (Fsp3) is 0.800. The molecule has 0 aromatic rings. The molecule has 2 atom stereocenters. The number of hydrogen-bond acceptors (Lipinski definition) is 1. The lowest BCUT2D eigenvalue weighted by molar-refractivity contribution is -0.105. The van der Waals surface area contributed by atoms with Crippen molar-refractivity contribution in [1.29, 1.82) is 0 Å². The second kappa shape index (κ2) is 8.55. The maximum atomic E-state index is 11.1. The van der Waals surface area contributed by atoms with Crippen molar-refractivity contribution in [2.45, 2.75) is 60.3 Å². The molecule has 0 saturated heterocycles. The number of carbonyl (C=O) groups excluding carboxylic acids is 1. The molecule has 0 aromatic carbocycles. The Bertz CT molecular complexity index is 215. The Morgan fingerprint density at radius 1 is 1.19 bits per heavy atom. The van der Waals surface area contributed by atoms with E-state index in [4.69, 9.17) is 0 Å². The minimum absolute atomic E-state index is 0.383. The van der Waals surface area contributed by atoms with Gasteiger partial charge in [-0.2, -0.15) is 0 Å². The lowest BCUT2D eigenvalue weighted by Gasteiger charge is -2.18. The minimum atomic E-state index is 0.383. The molecule has 0 bridgehead atoms. The molecule has 1 nitrogen and oxygen atoms in total. The van der Waals surface area contributed by atoms with E-state index in [1.165, 1.54) is 19.3 Å². The van der Waals surface area contributed by atoms with Crippen molar-refractivity contribution in [2.75, 3.05) is 0 Å². The molecule has 0 aromatic heterocycles. The summed E-state index contributed by atoms with van der Waals surface area (Å²) in [4.78, 5) is 11.1. The van der Waals surface area contributed by atoms with Crippen molar-refractivity contribution in [3.8, 4) is 0 Å². The summed E-state index contributed by atoms with van der Waals surface area (Å²) < 4.78 is 0. The van der Waals surface area contributed by atoms with Crippen molar-refractivity contribution in [3.05, 3.63) is 11.6 Å². The molecule has 0 N–H and O–H groups in total. The van der Waals surface area contributed by atoms with Gasteiger partial charge in [-0.25, -0.2) is 0 Å². The summed E-state index contributed by atoms with van der Waals surface area (Å²) in [5.41, 5.74) is 0.998. The van der Waals surface area contributed by atoms with Crippen LogP contribution in [0.1, 0.15) is 60.3 Å². The molecule has 0 aliphatic carbocycles. The van der Waals surface area contributed by atoms with Crippen molar-refractivity contribution in [2.24, 2.45) is 17.8 Å². The number of rotatable bonds is 8. The Hall–Kier alpha value is -0.590. The first-order valence-corrected chi connectivity index (χ1v) is 6.73. The van der Waals surface area contributed by atoms with Gasteiger partial charge >= 0.3 is 0 Å². The van der Waals surface area contributed by atoms with E-state index in [1.54, 1.807) is 0 Å². The predicted molar refractivity (Wildman–Crippen MR) is 71.5 cm³/mol. The van der Waals surface area contributed by atoms with Gasteiger partial charge in [-0.3, -0.25) is 4.79 Å². The molecular weight excluding hydrogens is 196 g/mol. The number of aldehydes is 1. The second-order valence-electron chi connectivity index (χ2n) is 5.13. The molecule has 0 rings (SSSR count). The first-order valence-electron chi connectivity index (χ1n) is 6.73. The molecule has 1 heteroatoms. The van der Waals surface area contributed by atoms with Gasteiger partial charge in [0.1, 0.15) is 6.29 Å². The average molecular weight is 224 g/mol. The topological polar surface area (TPSA) is 17.1 Å². The highest BCUT2D eigenvalue weighted by Gasteiger charge is 2.14. The van der Waals surface area contributed by atoms with Crippen LogP contribution in [0, 0.1) is 17.8 Å². The van der Waals surface area contributed by atoms with Crippen molar-refractivity contribution < 1.29 is 4.79 Å². The summed E-state index contributed by atoms with van der Waals surface area (Å²) in [6, 6.07) is 0. The smallest absolute Gasteiger partial charge is 0.145 e. The van der Waals surface area contributed by atoms with Crippen LogP contribution in [0.5, 0.6) is 0 Å². The van der Waals surface area contributed by atoms with Crippen LogP contribution >= 0.6 is 0 Å². The van der Waals surface area contributed by atoms with Crippen LogP contribution in [0.4, 0.5) is 0 Å². The van der Waals surface area contributed by atoms with E-state index in [9.17, 15) is 4.79 Å². The van der Waals surface area contributed by atoms with Gasteiger partial charge in [0.15, 0.2) is 0 Å². The van der Waals surface area contributed by atoms with Gasteiger partial charge in [-0.15, -0.1) is 0 Å². The van der Waals surface area contributed by atoms with Crippen molar-refractivity contribution in [3.63, 3.8) is 0 Å². The fourth-order valence-corrected chi connectivity index (χ4v) is 1.83. The van der Waals surface area contributed by atoms with Gasteiger partial charge in [-0.1, -0.05) is 53.5 Å². The summed E-state index contributed by atoms with van der Waals surface area (Å²) in [6.45, 7) is 10.9. The molecule has 0 radical (unpaired) electrons. The highest BCUT2D eigenvalue weighted by Crippen LogP contribution is 2.23. The summed E-state index contributed by atoms with van der Waals surface area (Å²) in [7, 11) is 0. The molecule has 0 heterocycles. The first kappa shape index (κ1) is 15.4. The molecule has 0 amide bonds. The summed E-state index contributed by atoms with van der Waals surface area (Å²) in [6.07, 6.45) is 8.13. The standard InChI is InChI=1S/C15H28O/c1-6-8-9-14(7-2)10-15(11-16)13(5)12(3)4/h10-14H,6-9H2,1-5H3/b15-10+. The van der Waals surface area contributed by atoms with E-state index in [-0.39, 0.29) is 0 Å². The van der Waals surface area contributed by atoms with Gasteiger partial charge in [0.2, 0.25) is 0 Å². The van der Waals surface area contributed by atoms with E-state index in [0.29, 0.717) is 17.8 Å². The second-order valence-corrected chi connectivity index (χ2v) is 5.13. The van der Waals surface area contributed by atoms with E-state index >= 15 is 0 Å². The minimum Gasteiger partial charge on any atom is -0.298 e. The van der Waals surface area contributed by atoms with Gasteiger partial charge < -0.3 is 0 Å². The average Bonchev–Trinajstić information content (AvgIpc) is 2.28. The molecular formula is C15H28O. The first-order chi connectivity index (χ1) is 7.56. The summed E-state index contributed by atoms with van der Waals surface area (Å²) in [5, 5.41) is 0. The maximum absolute atomic E-state index is 11.1. The van der Waals surface area contributed by atoms with Crippen LogP contribution in [0.3, 0.4) is 0 Å². The van der Waals surface area contributed by atoms with Crippen LogP contribution in [0.2, 0.25) is 0 Å². The Morgan fingerprint density at radius 3 is 2.19 bits per heavy atom. The zero-order valence-electron chi connectivity index (χ0n) is 11.6. The molecule has 0 aliphatic heterocycles. The molecule has 94 valence electrons. The SMILES string of the molecule is CCCCC(/C=C(\C=O)C(C)C(C)C)CC. The van der Waals surface area contributed by atoms with Gasteiger partial charge in [-0.05, 0) is 36.2 Å². The van der Waals surface area contributed by atoms with Crippen LogP contribution in [-0.2, 0) is 4.79 Å². The Labute approximate surface area is 101 Å². The largest absolute Gasteiger partial charge is 0.298 e. The number of allylic oxidation sites excluding steroid dienone is 2. The van der Waals surface area contributed by atoms with E-state index < -0.39 is 0 Å². The number of unbranched alkanes of at least 4 members (excludes halogenated alkanes) is 1. The highest BCUT2D eigenvalue weighted by molar-refractivity contribution is 5.74. The van der Waals surface area contributed by atoms with Crippen molar-refractivity contribution >= 4 is 6.29 Å². The van der Waals surface area contributed by atoms with E-state index in [2.05, 4.69) is 40.7 Å². The third-order valence-corrected chi connectivity index (χ3v) is 3.54. The normalized spacial score (nSPS) is 16.2. The fourth-order valence-electron chi connectivity index (χ4n) is 1.83. The van der Waals surface area contributed by atoms with E-state index in [1.807, 2.05) is 0 Å². The van der Waals surface area contributed by atoms with Crippen LogP contribution in [0.15, 0.2) is 11.6 Å². The van der Waals surface area contributed by atoms with E-state index in [0.717, 1.165) is 18.3 Å². The van der Waals surface area contributed by atoms with Gasteiger partial charge in [0, 0.05) is 0 Å². The number of hydrogen-bond donors (Lipinski definition) is 0. The summed E-state index contributed by atoms with van der Waals surface area (Å²) in [5.74, 6) is 1.51. The van der Waals surface area contributed by atoms with Gasteiger partial charge in [0.05, 0.1) is 0 Å². The van der Waals surface area contributed by atoms with Crippen LogP contribution in [-0.4, -0.2) is 6.29 Å². The highest BCUT2D eigenvalue weighted by atomic mass is 16.1. The quantitative estimate of drug-likeness (QED) is 0.434. The molecule has 16 heavy (non-hydrogen) atoms. The molecule has 0 saturated carbocycles. The Morgan fingerprint density at radius 2 is 1.81 bits per heavy atom.